The Balaban J connectivity index is 1.44. The topological polar surface area (TPSA) is 41.4 Å². The van der Waals surface area contributed by atoms with E-state index in [9.17, 15) is 4.79 Å². The highest BCUT2D eigenvalue weighted by molar-refractivity contribution is 5.76. The Hall–Kier alpha value is -2.14. The molecule has 0 unspecified atom stereocenters. The Morgan fingerprint density at radius 2 is 1.96 bits per heavy atom. The number of amides is 1. The molecule has 0 saturated carbocycles. The van der Waals surface area contributed by atoms with Gasteiger partial charge in [-0.3, -0.25) is 14.4 Å². The largest absolute Gasteiger partial charge is 0.336 e. The molecule has 0 N–H and O–H groups in total. The number of hydrogen-bond donors (Lipinski definition) is 0. The van der Waals surface area contributed by atoms with E-state index >= 15 is 0 Å². The summed E-state index contributed by atoms with van der Waals surface area (Å²) in [5, 5.41) is 4.27. The molecule has 0 aliphatic carbocycles. The molecule has 3 fully saturated rings. The third kappa shape index (κ3) is 3.61. The van der Waals surface area contributed by atoms with Gasteiger partial charge in [0.05, 0.1) is 0 Å². The van der Waals surface area contributed by atoms with Crippen molar-refractivity contribution in [3.05, 3.63) is 53.9 Å². The highest BCUT2D eigenvalue weighted by Crippen LogP contribution is 2.29. The lowest BCUT2D eigenvalue weighted by Crippen LogP contribution is -2.48. The van der Waals surface area contributed by atoms with Crippen molar-refractivity contribution in [1.29, 1.82) is 0 Å². The standard InChI is InChI=1S/C20H26N4O/c1-16-9-10-21-24(16)15-20(25)23-13-18-7-8-19(23)14-22(12-18)11-17-5-3-2-4-6-17/h2-6,9-10,18-19H,7-8,11-15H2,1H3/t18-,19+/m1/s1. The zero-order valence-electron chi connectivity index (χ0n) is 14.8. The number of aromatic nitrogens is 2. The Kier molecular flexibility index (Phi) is 4.57. The van der Waals surface area contributed by atoms with E-state index in [1.54, 1.807) is 6.20 Å². The van der Waals surface area contributed by atoms with Gasteiger partial charge >= 0.3 is 0 Å². The second-order valence-electron chi connectivity index (χ2n) is 7.45. The maximum absolute atomic E-state index is 12.9. The molecular weight excluding hydrogens is 312 g/mol. The molecule has 3 saturated heterocycles. The molecule has 2 atom stereocenters. The zero-order chi connectivity index (χ0) is 17.2. The monoisotopic (exact) mass is 338 g/mol. The first-order chi connectivity index (χ1) is 12.2. The highest BCUT2D eigenvalue weighted by atomic mass is 16.2. The molecular formula is C20H26N4O. The van der Waals surface area contributed by atoms with Crippen LogP contribution in [0, 0.1) is 12.8 Å². The SMILES string of the molecule is Cc1ccnn1CC(=O)N1C[C@@H]2CC[C@H]1CN(Cc1ccccc1)C2. The van der Waals surface area contributed by atoms with Gasteiger partial charge in [-0.15, -0.1) is 0 Å². The Labute approximate surface area is 149 Å². The van der Waals surface area contributed by atoms with E-state index in [2.05, 4.69) is 45.2 Å². The highest BCUT2D eigenvalue weighted by Gasteiger charge is 2.37. The maximum Gasteiger partial charge on any atom is 0.244 e. The molecule has 1 aromatic carbocycles. The van der Waals surface area contributed by atoms with E-state index in [0.717, 1.165) is 38.3 Å². The average Bonchev–Trinajstić information content (AvgIpc) is 2.82. The maximum atomic E-state index is 12.9. The number of carbonyl (C=O) groups is 1. The van der Waals surface area contributed by atoms with E-state index in [0.29, 0.717) is 18.5 Å². The van der Waals surface area contributed by atoms with Crippen molar-refractivity contribution in [1.82, 2.24) is 19.6 Å². The smallest absolute Gasteiger partial charge is 0.244 e. The number of nitrogens with zero attached hydrogens (tertiary/aromatic N) is 4. The molecule has 2 aromatic rings. The lowest BCUT2D eigenvalue weighted by atomic mass is 9.95. The van der Waals surface area contributed by atoms with Crippen LogP contribution in [0.25, 0.3) is 0 Å². The summed E-state index contributed by atoms with van der Waals surface area (Å²) >= 11 is 0. The molecule has 25 heavy (non-hydrogen) atoms. The normalized spacial score (nSPS) is 23.6. The number of fused-ring (bicyclic) bond motifs is 4. The molecule has 4 heterocycles. The van der Waals surface area contributed by atoms with Crippen LogP contribution in [0.5, 0.6) is 0 Å². The quantitative estimate of drug-likeness (QED) is 0.859. The van der Waals surface area contributed by atoms with Gasteiger partial charge in [-0.1, -0.05) is 30.3 Å². The summed E-state index contributed by atoms with van der Waals surface area (Å²) in [7, 11) is 0. The van der Waals surface area contributed by atoms with Crippen LogP contribution in [0.1, 0.15) is 24.1 Å². The second-order valence-corrected chi connectivity index (χ2v) is 7.45. The summed E-state index contributed by atoms with van der Waals surface area (Å²) in [6.45, 7) is 6.31. The number of aryl methyl sites for hydroxylation is 1. The molecule has 3 aliphatic rings. The Morgan fingerprint density at radius 3 is 2.72 bits per heavy atom. The van der Waals surface area contributed by atoms with Crippen LogP contribution in [0.3, 0.4) is 0 Å². The minimum Gasteiger partial charge on any atom is -0.336 e. The number of benzene rings is 1. The number of rotatable bonds is 4. The molecule has 5 nitrogen and oxygen atoms in total. The first kappa shape index (κ1) is 16.3. The van der Waals surface area contributed by atoms with Gasteiger partial charge in [0.2, 0.25) is 5.91 Å². The molecule has 3 aliphatic heterocycles. The van der Waals surface area contributed by atoms with Crippen LogP contribution in [0.2, 0.25) is 0 Å². The third-order valence-electron chi connectivity index (χ3n) is 5.57. The van der Waals surface area contributed by atoms with Gasteiger partial charge in [0.25, 0.3) is 0 Å². The number of hydrogen-bond acceptors (Lipinski definition) is 3. The predicted molar refractivity (Wildman–Crippen MR) is 96.9 cm³/mol. The fourth-order valence-corrected chi connectivity index (χ4v) is 4.24. The molecule has 0 spiro atoms. The van der Waals surface area contributed by atoms with Crippen LogP contribution in [-0.2, 0) is 17.9 Å². The van der Waals surface area contributed by atoms with Crippen molar-refractivity contribution >= 4 is 5.91 Å². The number of carbonyl (C=O) groups excluding carboxylic acids is 1. The summed E-state index contributed by atoms with van der Waals surface area (Å²) in [6, 6.07) is 12.9. The Morgan fingerprint density at radius 1 is 1.12 bits per heavy atom. The fourth-order valence-electron chi connectivity index (χ4n) is 4.24. The summed E-state index contributed by atoms with van der Waals surface area (Å²) < 4.78 is 1.81. The average molecular weight is 338 g/mol. The van der Waals surface area contributed by atoms with Gasteiger partial charge < -0.3 is 4.90 Å². The van der Waals surface area contributed by atoms with Crippen LogP contribution >= 0.6 is 0 Å². The van der Waals surface area contributed by atoms with E-state index in [1.807, 2.05) is 17.7 Å². The van der Waals surface area contributed by atoms with Crippen molar-refractivity contribution in [3.8, 4) is 0 Å². The minimum atomic E-state index is 0.211. The van der Waals surface area contributed by atoms with Gasteiger partial charge in [0, 0.05) is 44.1 Å². The second kappa shape index (κ2) is 7.00. The summed E-state index contributed by atoms with van der Waals surface area (Å²) in [6.07, 6.45) is 4.12. The van der Waals surface area contributed by atoms with Crippen LogP contribution < -0.4 is 0 Å². The lowest BCUT2D eigenvalue weighted by Gasteiger charge is -2.36. The van der Waals surface area contributed by atoms with Crippen LogP contribution in [0.15, 0.2) is 42.6 Å². The van der Waals surface area contributed by atoms with Crippen molar-refractivity contribution < 1.29 is 4.79 Å². The van der Waals surface area contributed by atoms with Crippen molar-refractivity contribution in [2.24, 2.45) is 5.92 Å². The fraction of sp³-hybridized carbons (Fsp3) is 0.500. The zero-order valence-corrected chi connectivity index (χ0v) is 14.8. The van der Waals surface area contributed by atoms with Gasteiger partial charge in [-0.2, -0.15) is 5.10 Å². The minimum absolute atomic E-state index is 0.211. The molecule has 132 valence electrons. The Bertz CT molecular complexity index is 726. The number of piperidine rings is 1. The summed E-state index contributed by atoms with van der Waals surface area (Å²) in [5.74, 6) is 0.799. The van der Waals surface area contributed by atoms with Crippen LogP contribution in [0.4, 0.5) is 0 Å². The first-order valence-corrected chi connectivity index (χ1v) is 9.23. The van der Waals surface area contributed by atoms with Gasteiger partial charge in [0.1, 0.15) is 6.54 Å². The van der Waals surface area contributed by atoms with E-state index in [-0.39, 0.29) is 5.91 Å². The van der Waals surface area contributed by atoms with Crippen molar-refractivity contribution in [2.45, 2.75) is 38.9 Å². The van der Waals surface area contributed by atoms with Gasteiger partial charge in [-0.25, -0.2) is 0 Å². The van der Waals surface area contributed by atoms with E-state index in [4.69, 9.17) is 0 Å². The summed E-state index contributed by atoms with van der Waals surface area (Å²) in [4.78, 5) is 17.5. The van der Waals surface area contributed by atoms with Crippen LogP contribution in [-0.4, -0.2) is 51.2 Å². The predicted octanol–water partition coefficient (Wildman–Crippen LogP) is 2.31. The van der Waals surface area contributed by atoms with Crippen molar-refractivity contribution in [2.75, 3.05) is 19.6 Å². The molecule has 2 bridgehead atoms. The van der Waals surface area contributed by atoms with Gasteiger partial charge in [-0.05, 0) is 37.3 Å². The molecule has 1 aromatic heterocycles. The molecule has 5 rings (SSSR count). The summed E-state index contributed by atoms with van der Waals surface area (Å²) in [5.41, 5.74) is 2.40. The molecule has 5 heteroatoms. The lowest BCUT2D eigenvalue weighted by molar-refractivity contribution is -0.136. The van der Waals surface area contributed by atoms with E-state index < -0.39 is 0 Å². The molecule has 1 amide bonds. The molecule has 0 radical (unpaired) electrons. The third-order valence-corrected chi connectivity index (χ3v) is 5.57. The van der Waals surface area contributed by atoms with Crippen molar-refractivity contribution in [3.63, 3.8) is 0 Å². The van der Waals surface area contributed by atoms with E-state index in [1.165, 1.54) is 12.0 Å². The van der Waals surface area contributed by atoms with Gasteiger partial charge in [0.15, 0.2) is 0 Å². The first-order valence-electron chi connectivity index (χ1n) is 9.23.